The fraction of sp³-hybridized carbons (Fsp3) is 0.286. The van der Waals surface area contributed by atoms with Crippen LogP contribution >= 0.6 is 11.8 Å². The largest absolute Gasteiger partial charge is 0.463 e. The molecule has 0 aliphatic rings. The molecule has 5 heteroatoms. The van der Waals surface area contributed by atoms with Crippen molar-refractivity contribution in [3.8, 4) is 11.5 Å². The topological polar surface area (TPSA) is 52.3 Å². The van der Waals surface area contributed by atoms with Crippen LogP contribution < -0.4 is 0 Å². The second-order valence-corrected chi connectivity index (χ2v) is 4.88. The predicted molar refractivity (Wildman–Crippen MR) is 75.4 cm³/mol. The Labute approximate surface area is 116 Å². The quantitative estimate of drug-likeness (QED) is 0.786. The van der Waals surface area contributed by atoms with Crippen molar-refractivity contribution in [1.82, 2.24) is 4.98 Å². The second kappa shape index (κ2) is 6.43. The maximum absolute atomic E-state index is 11.7. The Kier molecular flexibility index (Phi) is 4.63. The minimum absolute atomic E-state index is 0.204. The van der Waals surface area contributed by atoms with Crippen LogP contribution in [-0.4, -0.2) is 30.1 Å². The van der Waals surface area contributed by atoms with Crippen LogP contribution in [0.5, 0.6) is 0 Å². The third-order valence-electron chi connectivity index (χ3n) is 2.63. The van der Waals surface area contributed by atoms with Crippen LogP contribution in [0.2, 0.25) is 0 Å². The molecule has 0 saturated heterocycles. The Morgan fingerprint density at radius 1 is 1.37 bits per heavy atom. The predicted octanol–water partition coefficient (Wildman–Crippen LogP) is 3.03. The SMILES string of the molecule is COC(=O)c1oc(-c2ccccc2)nc1CCSC. The number of aryl methyl sites for hydroxylation is 1. The van der Waals surface area contributed by atoms with Gasteiger partial charge >= 0.3 is 5.97 Å². The van der Waals surface area contributed by atoms with Crippen LogP contribution in [0.3, 0.4) is 0 Å². The number of aromatic nitrogens is 1. The van der Waals surface area contributed by atoms with E-state index in [4.69, 9.17) is 9.15 Å². The van der Waals surface area contributed by atoms with Crippen molar-refractivity contribution in [2.45, 2.75) is 6.42 Å². The highest BCUT2D eigenvalue weighted by Gasteiger charge is 2.21. The zero-order valence-corrected chi connectivity index (χ0v) is 11.7. The average molecular weight is 277 g/mol. The number of methoxy groups -OCH3 is 1. The Morgan fingerprint density at radius 3 is 2.74 bits per heavy atom. The van der Waals surface area contributed by atoms with Crippen LogP contribution in [0.4, 0.5) is 0 Å². The van der Waals surface area contributed by atoms with Crippen LogP contribution in [0, 0.1) is 0 Å². The van der Waals surface area contributed by atoms with Crippen molar-refractivity contribution >= 4 is 17.7 Å². The van der Waals surface area contributed by atoms with Gasteiger partial charge in [0.2, 0.25) is 11.7 Å². The molecule has 0 bridgehead atoms. The maximum Gasteiger partial charge on any atom is 0.376 e. The lowest BCUT2D eigenvalue weighted by molar-refractivity contribution is 0.0564. The minimum Gasteiger partial charge on any atom is -0.463 e. The van der Waals surface area contributed by atoms with Crippen LogP contribution in [0.1, 0.15) is 16.2 Å². The van der Waals surface area contributed by atoms with E-state index in [1.165, 1.54) is 7.11 Å². The lowest BCUT2D eigenvalue weighted by atomic mass is 10.2. The van der Waals surface area contributed by atoms with E-state index in [1.807, 2.05) is 36.6 Å². The Morgan fingerprint density at radius 2 is 2.11 bits per heavy atom. The molecule has 0 radical (unpaired) electrons. The molecule has 0 unspecified atom stereocenters. The molecule has 0 fully saturated rings. The molecule has 1 aromatic carbocycles. The summed E-state index contributed by atoms with van der Waals surface area (Å²) in [5.41, 5.74) is 1.50. The highest BCUT2D eigenvalue weighted by atomic mass is 32.2. The van der Waals surface area contributed by atoms with Gasteiger partial charge in [0.05, 0.1) is 12.8 Å². The molecule has 19 heavy (non-hydrogen) atoms. The van der Waals surface area contributed by atoms with E-state index in [0.29, 0.717) is 18.0 Å². The summed E-state index contributed by atoms with van der Waals surface area (Å²) in [5.74, 6) is 1.06. The normalized spacial score (nSPS) is 10.4. The van der Waals surface area contributed by atoms with E-state index in [1.54, 1.807) is 11.8 Å². The van der Waals surface area contributed by atoms with Gasteiger partial charge in [-0.15, -0.1) is 0 Å². The number of benzene rings is 1. The van der Waals surface area contributed by atoms with Gasteiger partial charge in [-0.05, 0) is 24.1 Å². The van der Waals surface area contributed by atoms with Crippen molar-refractivity contribution in [3.05, 3.63) is 41.8 Å². The number of esters is 1. The molecule has 0 spiro atoms. The zero-order valence-electron chi connectivity index (χ0n) is 10.9. The van der Waals surface area contributed by atoms with Crippen LogP contribution in [-0.2, 0) is 11.2 Å². The third kappa shape index (κ3) is 3.17. The summed E-state index contributed by atoms with van der Waals surface area (Å²) in [7, 11) is 1.34. The highest BCUT2D eigenvalue weighted by molar-refractivity contribution is 7.98. The smallest absolute Gasteiger partial charge is 0.376 e. The number of rotatable bonds is 5. The fourth-order valence-electron chi connectivity index (χ4n) is 1.68. The molecule has 4 nitrogen and oxygen atoms in total. The van der Waals surface area contributed by atoms with Gasteiger partial charge in [0.1, 0.15) is 0 Å². The van der Waals surface area contributed by atoms with E-state index in [2.05, 4.69) is 4.98 Å². The van der Waals surface area contributed by atoms with E-state index < -0.39 is 5.97 Å². The molecule has 2 rings (SSSR count). The van der Waals surface area contributed by atoms with Gasteiger partial charge in [-0.1, -0.05) is 18.2 Å². The standard InChI is InChI=1S/C14H15NO3S/c1-17-14(16)12-11(8-9-19-2)15-13(18-12)10-6-4-3-5-7-10/h3-7H,8-9H2,1-2H3. The maximum atomic E-state index is 11.7. The molecular weight excluding hydrogens is 262 g/mol. The van der Waals surface area contributed by atoms with Gasteiger partial charge in [-0.25, -0.2) is 9.78 Å². The summed E-state index contributed by atoms with van der Waals surface area (Å²) < 4.78 is 10.3. The van der Waals surface area contributed by atoms with Crippen LogP contribution in [0.15, 0.2) is 34.7 Å². The van der Waals surface area contributed by atoms with Crippen molar-refractivity contribution < 1.29 is 13.9 Å². The first-order valence-electron chi connectivity index (χ1n) is 5.88. The van der Waals surface area contributed by atoms with Gasteiger partial charge in [0.25, 0.3) is 0 Å². The zero-order chi connectivity index (χ0) is 13.7. The minimum atomic E-state index is -0.481. The molecule has 2 aromatic rings. The van der Waals surface area contributed by atoms with Crippen molar-refractivity contribution in [2.75, 3.05) is 19.1 Å². The first-order chi connectivity index (χ1) is 9.26. The molecule has 0 saturated carbocycles. The second-order valence-electron chi connectivity index (χ2n) is 3.90. The van der Waals surface area contributed by atoms with E-state index in [0.717, 1.165) is 11.3 Å². The summed E-state index contributed by atoms with van der Waals surface area (Å²) in [6.07, 6.45) is 2.69. The highest BCUT2D eigenvalue weighted by Crippen LogP contribution is 2.23. The molecule has 0 N–H and O–H groups in total. The van der Waals surface area contributed by atoms with Gasteiger partial charge in [-0.3, -0.25) is 0 Å². The van der Waals surface area contributed by atoms with Gasteiger partial charge < -0.3 is 9.15 Å². The summed E-state index contributed by atoms with van der Waals surface area (Å²) in [6, 6.07) is 9.51. The van der Waals surface area contributed by atoms with Gasteiger partial charge in [0.15, 0.2) is 0 Å². The number of hydrogen-bond donors (Lipinski definition) is 0. The Hall–Kier alpha value is -1.75. The summed E-state index contributed by atoms with van der Waals surface area (Å²) in [5, 5.41) is 0. The summed E-state index contributed by atoms with van der Waals surface area (Å²) >= 11 is 1.70. The molecule has 0 atom stereocenters. The number of carbonyl (C=O) groups is 1. The lowest BCUT2D eigenvalue weighted by Gasteiger charge is -1.97. The number of hydrogen-bond acceptors (Lipinski definition) is 5. The van der Waals surface area contributed by atoms with Crippen molar-refractivity contribution in [1.29, 1.82) is 0 Å². The number of carbonyl (C=O) groups excluding carboxylic acids is 1. The van der Waals surface area contributed by atoms with Crippen molar-refractivity contribution in [3.63, 3.8) is 0 Å². The monoisotopic (exact) mass is 277 g/mol. The number of ether oxygens (including phenoxy) is 1. The number of nitrogens with zero attached hydrogens (tertiary/aromatic N) is 1. The van der Waals surface area contributed by atoms with Crippen molar-refractivity contribution in [2.24, 2.45) is 0 Å². The fourth-order valence-corrected chi connectivity index (χ4v) is 2.07. The lowest BCUT2D eigenvalue weighted by Crippen LogP contribution is -2.04. The molecule has 0 aliphatic heterocycles. The van der Waals surface area contributed by atoms with E-state index >= 15 is 0 Å². The molecule has 1 aromatic heterocycles. The molecule has 100 valence electrons. The Bertz CT molecular complexity index is 551. The molecule has 0 aliphatic carbocycles. The van der Waals surface area contributed by atoms with Crippen LogP contribution in [0.25, 0.3) is 11.5 Å². The van der Waals surface area contributed by atoms with Gasteiger partial charge in [0, 0.05) is 12.0 Å². The average Bonchev–Trinajstić information content (AvgIpc) is 2.89. The first kappa shape index (κ1) is 13.7. The number of thioether (sulfide) groups is 1. The van der Waals surface area contributed by atoms with E-state index in [9.17, 15) is 4.79 Å². The van der Waals surface area contributed by atoms with Gasteiger partial charge in [-0.2, -0.15) is 11.8 Å². The first-order valence-corrected chi connectivity index (χ1v) is 7.28. The Balaban J connectivity index is 2.36. The molecular formula is C14H15NO3S. The summed E-state index contributed by atoms with van der Waals surface area (Å²) in [4.78, 5) is 16.1. The number of oxazole rings is 1. The summed E-state index contributed by atoms with van der Waals surface area (Å²) in [6.45, 7) is 0. The van der Waals surface area contributed by atoms with E-state index in [-0.39, 0.29) is 5.76 Å². The molecule has 0 amide bonds. The third-order valence-corrected chi connectivity index (χ3v) is 3.24. The molecule has 1 heterocycles.